The van der Waals surface area contributed by atoms with E-state index in [0.29, 0.717) is 0 Å². The quantitative estimate of drug-likeness (QED) is 0.571. The molecule has 0 unspecified atom stereocenters. The Kier molecular flexibility index (Phi) is 2.71. The van der Waals surface area contributed by atoms with Gasteiger partial charge < -0.3 is 0 Å². The van der Waals surface area contributed by atoms with Gasteiger partial charge in [-0.05, 0) is 29.1 Å². The summed E-state index contributed by atoms with van der Waals surface area (Å²) in [5.41, 5.74) is -1.46. The molecule has 0 aromatic heterocycles. The van der Waals surface area contributed by atoms with Gasteiger partial charge in [-0.1, -0.05) is 18.2 Å². The third-order valence-electron chi connectivity index (χ3n) is 3.14. The summed E-state index contributed by atoms with van der Waals surface area (Å²) in [7, 11) is 0. The highest BCUT2D eigenvalue weighted by atomic mass is 19.2. The van der Waals surface area contributed by atoms with Crippen molar-refractivity contribution in [2.75, 3.05) is 0 Å². The van der Waals surface area contributed by atoms with E-state index in [1.807, 2.05) is 0 Å². The molecule has 0 bridgehead atoms. The molecule has 0 saturated carbocycles. The third kappa shape index (κ3) is 1.66. The highest BCUT2D eigenvalue weighted by Gasteiger charge is 2.19. The van der Waals surface area contributed by atoms with E-state index in [9.17, 15) is 22.4 Å². The van der Waals surface area contributed by atoms with Crippen LogP contribution in [0.2, 0.25) is 0 Å². The number of hydrogen-bond donors (Lipinski definition) is 0. The normalized spacial score (nSPS) is 11.2. The Hall–Kier alpha value is -2.43. The van der Waals surface area contributed by atoms with Crippen LogP contribution in [0.25, 0.3) is 21.9 Å². The summed E-state index contributed by atoms with van der Waals surface area (Å²) in [6, 6.07) is 6.43. The SMILES string of the molecule is O=c1c(F)c(F)cc2ccc(F)c3c(F)cccc3c1-2. The Morgan fingerprint density at radius 1 is 0.800 bits per heavy atom. The van der Waals surface area contributed by atoms with Gasteiger partial charge in [0.2, 0.25) is 11.2 Å². The zero-order valence-corrected chi connectivity index (χ0v) is 9.88. The molecule has 2 aliphatic rings. The zero-order valence-electron chi connectivity index (χ0n) is 9.88. The second kappa shape index (κ2) is 4.30. The molecule has 0 fully saturated rings. The minimum Gasteiger partial charge on any atom is -0.286 e. The molecular weight excluding hydrogens is 272 g/mol. The van der Waals surface area contributed by atoms with E-state index in [4.69, 9.17) is 0 Å². The fourth-order valence-corrected chi connectivity index (χ4v) is 2.25. The largest absolute Gasteiger partial charge is 0.286 e. The van der Waals surface area contributed by atoms with E-state index >= 15 is 0 Å². The van der Waals surface area contributed by atoms with E-state index in [0.717, 1.165) is 24.3 Å². The minimum absolute atomic E-state index is 0.00778. The molecule has 0 saturated heterocycles. The number of fused-ring (bicyclic) bond motifs is 3. The summed E-state index contributed by atoms with van der Waals surface area (Å²) < 4.78 is 54.3. The lowest BCUT2D eigenvalue weighted by molar-refractivity contribution is 0.503. The van der Waals surface area contributed by atoms with Crippen molar-refractivity contribution >= 4 is 10.8 Å². The Balaban J connectivity index is 2.70. The van der Waals surface area contributed by atoms with Crippen molar-refractivity contribution in [1.29, 1.82) is 0 Å². The minimum atomic E-state index is -1.56. The molecule has 5 heteroatoms. The van der Waals surface area contributed by atoms with Gasteiger partial charge in [0, 0.05) is 5.56 Å². The maximum Gasteiger partial charge on any atom is 0.225 e. The monoisotopic (exact) mass is 278 g/mol. The van der Waals surface area contributed by atoms with Crippen molar-refractivity contribution in [3.05, 3.63) is 69.9 Å². The average molecular weight is 278 g/mol. The number of benzene rings is 2. The molecule has 0 atom stereocenters. The molecule has 0 heterocycles. The van der Waals surface area contributed by atoms with Gasteiger partial charge in [0.1, 0.15) is 11.6 Å². The Bertz CT molecular complexity index is 873. The lowest BCUT2D eigenvalue weighted by Gasteiger charge is -2.05. The van der Waals surface area contributed by atoms with Crippen LogP contribution in [-0.4, -0.2) is 0 Å². The third-order valence-corrected chi connectivity index (χ3v) is 3.14. The van der Waals surface area contributed by atoms with Crippen LogP contribution in [0.15, 0.2) is 41.2 Å². The predicted molar refractivity (Wildman–Crippen MR) is 66.7 cm³/mol. The van der Waals surface area contributed by atoms with Crippen LogP contribution in [0.4, 0.5) is 17.6 Å². The van der Waals surface area contributed by atoms with E-state index in [-0.39, 0.29) is 16.5 Å². The first kappa shape index (κ1) is 12.6. The van der Waals surface area contributed by atoms with Gasteiger partial charge in [0.15, 0.2) is 5.82 Å². The van der Waals surface area contributed by atoms with Gasteiger partial charge in [-0.25, -0.2) is 13.2 Å². The van der Waals surface area contributed by atoms with Gasteiger partial charge >= 0.3 is 0 Å². The second-order valence-electron chi connectivity index (χ2n) is 4.31. The molecule has 2 aliphatic carbocycles. The highest BCUT2D eigenvalue weighted by molar-refractivity contribution is 5.97. The molecular formula is C15H6F4O. The molecule has 20 heavy (non-hydrogen) atoms. The summed E-state index contributed by atoms with van der Waals surface area (Å²) in [6.07, 6.45) is 0. The molecule has 0 N–H and O–H groups in total. The van der Waals surface area contributed by atoms with Gasteiger partial charge in [0.25, 0.3) is 0 Å². The molecule has 1 aromatic carbocycles. The molecule has 0 amide bonds. The highest BCUT2D eigenvalue weighted by Crippen LogP contribution is 2.30. The molecule has 1 aromatic rings. The molecule has 0 aliphatic heterocycles. The Morgan fingerprint density at radius 2 is 1.50 bits per heavy atom. The summed E-state index contributed by atoms with van der Waals surface area (Å²) in [4.78, 5) is 11.9. The Morgan fingerprint density at radius 3 is 2.25 bits per heavy atom. The average Bonchev–Trinajstić information content (AvgIpc) is 2.55. The van der Waals surface area contributed by atoms with Crippen molar-refractivity contribution in [1.82, 2.24) is 0 Å². The van der Waals surface area contributed by atoms with Crippen LogP contribution in [0.3, 0.4) is 0 Å². The van der Waals surface area contributed by atoms with Crippen molar-refractivity contribution in [3.8, 4) is 11.1 Å². The molecule has 3 rings (SSSR count). The van der Waals surface area contributed by atoms with Crippen LogP contribution in [0.5, 0.6) is 0 Å². The summed E-state index contributed by atoms with van der Waals surface area (Å²) in [5.74, 6) is -4.66. The number of rotatable bonds is 0. The summed E-state index contributed by atoms with van der Waals surface area (Å²) >= 11 is 0. The number of halogens is 4. The smallest absolute Gasteiger partial charge is 0.225 e. The van der Waals surface area contributed by atoms with E-state index in [1.54, 1.807) is 0 Å². The van der Waals surface area contributed by atoms with Gasteiger partial charge in [-0.2, -0.15) is 4.39 Å². The lowest BCUT2D eigenvalue weighted by atomic mass is 10.00. The van der Waals surface area contributed by atoms with Crippen molar-refractivity contribution in [2.45, 2.75) is 0 Å². The zero-order chi connectivity index (χ0) is 14.4. The van der Waals surface area contributed by atoms with Crippen molar-refractivity contribution in [2.24, 2.45) is 0 Å². The van der Waals surface area contributed by atoms with Crippen LogP contribution in [-0.2, 0) is 0 Å². The number of hydrogen-bond acceptors (Lipinski definition) is 1. The van der Waals surface area contributed by atoms with Gasteiger partial charge in [-0.15, -0.1) is 0 Å². The predicted octanol–water partition coefficient (Wildman–Crippen LogP) is 3.86. The molecule has 100 valence electrons. The molecule has 1 nitrogen and oxygen atoms in total. The van der Waals surface area contributed by atoms with E-state index < -0.39 is 34.1 Å². The summed E-state index contributed by atoms with van der Waals surface area (Å²) in [5, 5.41) is -0.517. The summed E-state index contributed by atoms with van der Waals surface area (Å²) in [6.45, 7) is 0. The Labute approximate surface area is 110 Å². The van der Waals surface area contributed by atoms with Gasteiger partial charge in [0.05, 0.1) is 5.39 Å². The first-order valence-corrected chi connectivity index (χ1v) is 5.69. The maximum absolute atomic E-state index is 13.9. The fraction of sp³-hybridized carbons (Fsp3) is 0. The van der Waals surface area contributed by atoms with Crippen molar-refractivity contribution in [3.63, 3.8) is 0 Å². The second-order valence-corrected chi connectivity index (χ2v) is 4.31. The van der Waals surface area contributed by atoms with E-state index in [1.165, 1.54) is 12.1 Å². The molecule has 0 spiro atoms. The van der Waals surface area contributed by atoms with Crippen LogP contribution >= 0.6 is 0 Å². The van der Waals surface area contributed by atoms with Crippen LogP contribution in [0, 0.1) is 23.3 Å². The fourth-order valence-electron chi connectivity index (χ4n) is 2.25. The van der Waals surface area contributed by atoms with E-state index in [2.05, 4.69) is 0 Å². The van der Waals surface area contributed by atoms with Gasteiger partial charge in [-0.3, -0.25) is 4.79 Å². The maximum atomic E-state index is 13.9. The standard InChI is InChI=1S/C15H6F4O/c16-9-3-1-2-8-12-7(4-5-10(17)13(8)9)6-11(18)14(19)15(12)20/h1-6H. The van der Waals surface area contributed by atoms with Crippen LogP contribution < -0.4 is 5.43 Å². The lowest BCUT2D eigenvalue weighted by Crippen LogP contribution is -2.12. The first-order valence-electron chi connectivity index (χ1n) is 5.69. The van der Waals surface area contributed by atoms with Crippen molar-refractivity contribution < 1.29 is 17.6 Å². The van der Waals surface area contributed by atoms with Crippen LogP contribution in [0.1, 0.15) is 0 Å². The topological polar surface area (TPSA) is 17.1 Å². The molecule has 0 radical (unpaired) electrons. The first-order chi connectivity index (χ1) is 9.50.